The van der Waals surface area contributed by atoms with Crippen molar-refractivity contribution in [2.45, 2.75) is 25.7 Å². The predicted octanol–water partition coefficient (Wildman–Crippen LogP) is 2.51. The molecule has 0 atom stereocenters. The molecule has 0 saturated heterocycles. The van der Waals surface area contributed by atoms with Crippen LogP contribution >= 0.6 is 0 Å². The second-order valence-electron chi connectivity index (χ2n) is 4.07. The highest BCUT2D eigenvalue weighted by Gasteiger charge is 2.17. The van der Waals surface area contributed by atoms with Crippen LogP contribution in [0.5, 0.6) is 0 Å². The Hall–Kier alpha value is -2.24. The van der Waals surface area contributed by atoms with Gasteiger partial charge in [0.05, 0.1) is 4.92 Å². The first kappa shape index (κ1) is 12.2. The van der Waals surface area contributed by atoms with E-state index in [1.54, 1.807) is 18.2 Å². The van der Waals surface area contributed by atoms with E-state index in [-0.39, 0.29) is 11.5 Å². The topological polar surface area (TPSA) is 84.6 Å². The summed E-state index contributed by atoms with van der Waals surface area (Å²) in [6.45, 7) is 0. The molecule has 1 aliphatic carbocycles. The zero-order valence-electron chi connectivity index (χ0n) is 9.76. The van der Waals surface area contributed by atoms with Crippen LogP contribution in [-0.2, 0) is 4.79 Å². The third kappa shape index (κ3) is 2.71. The van der Waals surface area contributed by atoms with Crippen molar-refractivity contribution in [1.29, 1.82) is 0 Å². The highest BCUT2D eigenvalue weighted by molar-refractivity contribution is 6.40. The zero-order chi connectivity index (χ0) is 13.0. The lowest BCUT2D eigenvalue weighted by atomic mass is 9.97. The summed E-state index contributed by atoms with van der Waals surface area (Å²) in [5.41, 5.74) is 3.34. The van der Waals surface area contributed by atoms with Crippen molar-refractivity contribution in [3.63, 3.8) is 0 Å². The van der Waals surface area contributed by atoms with Gasteiger partial charge in [0.15, 0.2) is 5.78 Å². The molecule has 0 spiro atoms. The van der Waals surface area contributed by atoms with E-state index in [1.165, 1.54) is 6.07 Å². The fraction of sp³-hybridized carbons (Fsp3) is 0.333. The Morgan fingerprint density at radius 1 is 1.22 bits per heavy atom. The Bertz CT molecular complexity index is 511. The molecule has 0 amide bonds. The van der Waals surface area contributed by atoms with Crippen molar-refractivity contribution < 1.29 is 9.72 Å². The number of para-hydroxylation sites is 2. The number of ketones is 1. The molecular formula is C12H13N3O3. The van der Waals surface area contributed by atoms with E-state index in [2.05, 4.69) is 10.5 Å². The minimum absolute atomic E-state index is 0.0207. The summed E-state index contributed by atoms with van der Waals surface area (Å²) in [6, 6.07) is 6.22. The Balaban J connectivity index is 2.17. The second kappa shape index (κ2) is 5.39. The number of Topliss-reactive ketones (excluding diaryl/α,β-unsaturated/α-hetero) is 1. The number of nitro benzene ring substituents is 1. The Morgan fingerprint density at radius 3 is 2.67 bits per heavy atom. The van der Waals surface area contributed by atoms with Gasteiger partial charge >= 0.3 is 0 Å². The lowest BCUT2D eigenvalue weighted by Gasteiger charge is -2.11. The normalized spacial score (nSPS) is 17.8. The molecule has 0 unspecified atom stereocenters. The van der Waals surface area contributed by atoms with Crippen LogP contribution in [-0.4, -0.2) is 16.4 Å². The highest BCUT2D eigenvalue weighted by atomic mass is 16.6. The molecule has 2 rings (SSSR count). The van der Waals surface area contributed by atoms with Crippen LogP contribution in [0, 0.1) is 10.1 Å². The van der Waals surface area contributed by atoms with Crippen molar-refractivity contribution in [1.82, 2.24) is 0 Å². The van der Waals surface area contributed by atoms with Crippen LogP contribution in [0.25, 0.3) is 0 Å². The van der Waals surface area contributed by atoms with Gasteiger partial charge in [-0.05, 0) is 25.3 Å². The van der Waals surface area contributed by atoms with Crippen LogP contribution in [0.3, 0.4) is 0 Å². The Morgan fingerprint density at radius 2 is 1.94 bits per heavy atom. The van der Waals surface area contributed by atoms with Crippen LogP contribution in [0.4, 0.5) is 11.4 Å². The number of nitrogens with zero attached hydrogens (tertiary/aromatic N) is 2. The number of hydrazone groups is 1. The molecule has 1 aromatic carbocycles. The van der Waals surface area contributed by atoms with Gasteiger partial charge in [-0.1, -0.05) is 12.1 Å². The van der Waals surface area contributed by atoms with E-state index in [0.717, 1.165) is 12.8 Å². The molecular weight excluding hydrogens is 234 g/mol. The lowest BCUT2D eigenvalue weighted by molar-refractivity contribution is -0.384. The number of carbonyl (C=O) groups excluding carboxylic acids is 1. The van der Waals surface area contributed by atoms with Gasteiger partial charge in [0.25, 0.3) is 5.69 Å². The quantitative estimate of drug-likeness (QED) is 0.656. The molecule has 6 heteroatoms. The third-order valence-corrected chi connectivity index (χ3v) is 2.80. The molecule has 0 aromatic heterocycles. The Kier molecular flexibility index (Phi) is 3.66. The minimum Gasteiger partial charge on any atom is -0.293 e. The maximum atomic E-state index is 11.5. The fourth-order valence-electron chi connectivity index (χ4n) is 1.84. The van der Waals surface area contributed by atoms with E-state index >= 15 is 0 Å². The number of hydrogen-bond donors (Lipinski definition) is 1. The molecule has 0 radical (unpaired) electrons. The second-order valence-corrected chi connectivity index (χ2v) is 4.07. The summed E-state index contributed by atoms with van der Waals surface area (Å²) in [6.07, 6.45) is 2.97. The molecule has 1 fully saturated rings. The molecule has 1 aromatic rings. The number of carbonyl (C=O) groups is 1. The van der Waals surface area contributed by atoms with E-state index in [9.17, 15) is 14.9 Å². The molecule has 0 aliphatic heterocycles. The van der Waals surface area contributed by atoms with Crippen LogP contribution < -0.4 is 5.43 Å². The summed E-state index contributed by atoms with van der Waals surface area (Å²) < 4.78 is 0. The SMILES string of the molecule is O=C1CCCC/C1=N\Nc1ccccc1[N+](=O)[O-]. The third-order valence-electron chi connectivity index (χ3n) is 2.80. The average Bonchev–Trinajstić information content (AvgIpc) is 2.38. The molecule has 1 N–H and O–H groups in total. The first-order valence-corrected chi connectivity index (χ1v) is 5.77. The van der Waals surface area contributed by atoms with E-state index in [4.69, 9.17) is 0 Å². The van der Waals surface area contributed by atoms with Gasteiger partial charge in [0.1, 0.15) is 11.4 Å². The van der Waals surface area contributed by atoms with Crippen molar-refractivity contribution >= 4 is 22.9 Å². The lowest BCUT2D eigenvalue weighted by Crippen LogP contribution is -2.19. The van der Waals surface area contributed by atoms with Gasteiger partial charge in [-0.2, -0.15) is 5.10 Å². The molecule has 18 heavy (non-hydrogen) atoms. The Labute approximate surface area is 104 Å². The molecule has 1 saturated carbocycles. The predicted molar refractivity (Wildman–Crippen MR) is 67.6 cm³/mol. The summed E-state index contributed by atoms with van der Waals surface area (Å²) in [5.74, 6) is 0.0207. The summed E-state index contributed by atoms with van der Waals surface area (Å²) in [4.78, 5) is 21.8. The largest absolute Gasteiger partial charge is 0.294 e. The summed E-state index contributed by atoms with van der Waals surface area (Å²) >= 11 is 0. The number of benzene rings is 1. The minimum atomic E-state index is -0.481. The molecule has 94 valence electrons. The monoisotopic (exact) mass is 247 g/mol. The van der Waals surface area contributed by atoms with Gasteiger partial charge in [-0.25, -0.2) is 0 Å². The van der Waals surface area contributed by atoms with E-state index in [0.29, 0.717) is 24.2 Å². The van der Waals surface area contributed by atoms with Gasteiger partial charge in [0.2, 0.25) is 0 Å². The molecule has 0 bridgehead atoms. The number of nitro groups is 1. The van der Waals surface area contributed by atoms with Gasteiger partial charge < -0.3 is 0 Å². The van der Waals surface area contributed by atoms with Gasteiger partial charge in [0, 0.05) is 12.5 Å². The number of rotatable bonds is 3. The first-order valence-electron chi connectivity index (χ1n) is 5.77. The van der Waals surface area contributed by atoms with Gasteiger partial charge in [-0.3, -0.25) is 20.3 Å². The number of nitrogens with one attached hydrogen (secondary N) is 1. The standard InChI is InChI=1S/C12H13N3O3/c16-12-8-4-2-6-10(12)14-13-9-5-1-3-7-11(9)15(17)18/h1,3,5,7,13H,2,4,6,8H2/b14-10+. The smallest absolute Gasteiger partial charge is 0.293 e. The summed E-state index contributed by atoms with van der Waals surface area (Å²) in [5, 5.41) is 14.8. The molecule has 1 aliphatic rings. The number of anilines is 1. The van der Waals surface area contributed by atoms with E-state index in [1.807, 2.05) is 0 Å². The maximum absolute atomic E-state index is 11.5. The highest BCUT2D eigenvalue weighted by Crippen LogP contribution is 2.23. The fourth-order valence-corrected chi connectivity index (χ4v) is 1.84. The van der Waals surface area contributed by atoms with Crippen molar-refractivity contribution in [2.75, 3.05) is 5.43 Å². The summed E-state index contributed by atoms with van der Waals surface area (Å²) in [7, 11) is 0. The van der Waals surface area contributed by atoms with Crippen molar-refractivity contribution in [3.05, 3.63) is 34.4 Å². The van der Waals surface area contributed by atoms with Crippen molar-refractivity contribution in [3.8, 4) is 0 Å². The van der Waals surface area contributed by atoms with Gasteiger partial charge in [-0.15, -0.1) is 0 Å². The van der Waals surface area contributed by atoms with Crippen LogP contribution in [0.15, 0.2) is 29.4 Å². The average molecular weight is 247 g/mol. The number of hydrogen-bond acceptors (Lipinski definition) is 5. The maximum Gasteiger partial charge on any atom is 0.294 e. The van der Waals surface area contributed by atoms with Crippen molar-refractivity contribution in [2.24, 2.45) is 5.10 Å². The molecule has 6 nitrogen and oxygen atoms in total. The van der Waals surface area contributed by atoms with Crippen LogP contribution in [0.1, 0.15) is 25.7 Å². The van der Waals surface area contributed by atoms with E-state index < -0.39 is 4.92 Å². The molecule has 0 heterocycles. The first-order chi connectivity index (χ1) is 8.68. The van der Waals surface area contributed by atoms with Crippen LogP contribution in [0.2, 0.25) is 0 Å². The zero-order valence-corrected chi connectivity index (χ0v) is 9.76.